The minimum Gasteiger partial charge on any atom is -0.491 e. The zero-order valence-electron chi connectivity index (χ0n) is 13.5. The Morgan fingerprint density at radius 1 is 1.27 bits per heavy atom. The normalized spacial score (nSPS) is 21.6. The third kappa shape index (κ3) is 5.00. The van der Waals surface area contributed by atoms with Gasteiger partial charge in [-0.2, -0.15) is 0 Å². The van der Waals surface area contributed by atoms with E-state index in [4.69, 9.17) is 10.5 Å². The lowest BCUT2D eigenvalue weighted by molar-refractivity contribution is 0.0921. The first-order valence-corrected chi connectivity index (χ1v) is 7.99. The van der Waals surface area contributed by atoms with Gasteiger partial charge >= 0.3 is 0 Å². The molecule has 1 amide bonds. The molecule has 1 saturated carbocycles. The minimum absolute atomic E-state index is 0.0547. The lowest BCUT2D eigenvalue weighted by Crippen LogP contribution is -2.40. The summed E-state index contributed by atoms with van der Waals surface area (Å²) in [6, 6.07) is 7.93. The highest BCUT2D eigenvalue weighted by Crippen LogP contribution is 2.21. The van der Waals surface area contributed by atoms with E-state index in [0.717, 1.165) is 32.2 Å². The van der Waals surface area contributed by atoms with Crippen LogP contribution >= 0.6 is 0 Å². The Bertz CT molecular complexity index is 483. The van der Waals surface area contributed by atoms with Gasteiger partial charge in [-0.25, -0.2) is 0 Å². The van der Waals surface area contributed by atoms with Gasteiger partial charge in [-0.1, -0.05) is 12.1 Å². The highest BCUT2D eigenvalue weighted by molar-refractivity contribution is 5.97. The lowest BCUT2D eigenvalue weighted by atomic mass is 9.91. The second-order valence-electron chi connectivity index (χ2n) is 6.23. The smallest absolute Gasteiger partial charge is 0.255 e. The molecule has 5 nitrogen and oxygen atoms in total. The van der Waals surface area contributed by atoms with Gasteiger partial charge in [-0.3, -0.25) is 4.79 Å². The van der Waals surface area contributed by atoms with E-state index >= 15 is 0 Å². The molecule has 0 radical (unpaired) electrons. The summed E-state index contributed by atoms with van der Waals surface area (Å²) in [5.41, 5.74) is 6.51. The van der Waals surface area contributed by atoms with Gasteiger partial charge in [0.25, 0.3) is 5.91 Å². The van der Waals surface area contributed by atoms with Crippen molar-refractivity contribution in [1.82, 2.24) is 10.2 Å². The molecular formula is C17H27N3O2. The molecule has 0 bridgehead atoms. The maximum Gasteiger partial charge on any atom is 0.255 e. The van der Waals surface area contributed by atoms with Crippen LogP contribution in [0, 0.1) is 0 Å². The van der Waals surface area contributed by atoms with Crippen LogP contribution in [0.4, 0.5) is 0 Å². The molecule has 5 heteroatoms. The first kappa shape index (κ1) is 16.8. The number of nitrogens with one attached hydrogen (secondary N) is 1. The first-order chi connectivity index (χ1) is 10.6. The fourth-order valence-electron chi connectivity index (χ4n) is 2.64. The van der Waals surface area contributed by atoms with Crippen molar-refractivity contribution in [3.63, 3.8) is 0 Å². The Kier molecular flexibility index (Phi) is 6.21. The van der Waals surface area contributed by atoms with Crippen LogP contribution in [0.25, 0.3) is 0 Å². The number of carbonyl (C=O) groups excluding carboxylic acids is 1. The van der Waals surface area contributed by atoms with Gasteiger partial charge in [-0.05, 0) is 51.9 Å². The van der Waals surface area contributed by atoms with Gasteiger partial charge in [0.05, 0.1) is 5.56 Å². The Balaban J connectivity index is 1.94. The summed E-state index contributed by atoms with van der Waals surface area (Å²) in [5.74, 6) is 0.593. The van der Waals surface area contributed by atoms with E-state index in [1.54, 1.807) is 0 Å². The van der Waals surface area contributed by atoms with Gasteiger partial charge in [0, 0.05) is 18.6 Å². The van der Waals surface area contributed by atoms with Crippen LogP contribution in [-0.2, 0) is 0 Å². The molecule has 0 unspecified atom stereocenters. The molecule has 1 aromatic rings. The molecule has 0 aromatic heterocycles. The van der Waals surface area contributed by atoms with Crippen molar-refractivity contribution in [2.24, 2.45) is 5.73 Å². The van der Waals surface area contributed by atoms with Crippen LogP contribution in [0.15, 0.2) is 24.3 Å². The van der Waals surface area contributed by atoms with E-state index in [1.165, 1.54) is 0 Å². The molecule has 0 saturated heterocycles. The third-order valence-electron chi connectivity index (χ3n) is 4.03. The van der Waals surface area contributed by atoms with Crippen LogP contribution < -0.4 is 15.8 Å². The molecule has 1 fully saturated rings. The second kappa shape index (κ2) is 8.15. The lowest BCUT2D eigenvalue weighted by Gasteiger charge is -2.27. The predicted octanol–water partition coefficient (Wildman–Crippen LogP) is 1.63. The number of rotatable bonds is 6. The molecule has 1 aliphatic rings. The van der Waals surface area contributed by atoms with E-state index < -0.39 is 0 Å². The first-order valence-electron chi connectivity index (χ1n) is 7.99. The predicted molar refractivity (Wildman–Crippen MR) is 88.2 cm³/mol. The standard InChI is InChI=1S/C17H27N3O2/c1-20(2)11-12-22-16-6-4-3-5-15(16)17(21)19-14-9-7-13(18)8-10-14/h3-6,13-14H,7-12,18H2,1-2H3,(H,19,21). The minimum atomic E-state index is -0.0547. The number of likely N-dealkylation sites (N-methyl/N-ethyl adjacent to an activating group) is 1. The number of amides is 1. The maximum atomic E-state index is 12.5. The number of hydrogen-bond donors (Lipinski definition) is 2. The van der Waals surface area contributed by atoms with Gasteiger partial charge < -0.3 is 20.7 Å². The summed E-state index contributed by atoms with van der Waals surface area (Å²) in [6.07, 6.45) is 3.87. The maximum absolute atomic E-state index is 12.5. The van der Waals surface area contributed by atoms with Crippen LogP contribution in [0.2, 0.25) is 0 Å². The highest BCUT2D eigenvalue weighted by Gasteiger charge is 2.21. The van der Waals surface area contributed by atoms with E-state index in [1.807, 2.05) is 43.3 Å². The molecule has 0 atom stereocenters. The van der Waals surface area contributed by atoms with Crippen molar-refractivity contribution in [2.75, 3.05) is 27.2 Å². The fourth-order valence-corrected chi connectivity index (χ4v) is 2.64. The van der Waals surface area contributed by atoms with Crippen molar-refractivity contribution in [3.8, 4) is 5.75 Å². The number of ether oxygens (including phenoxy) is 1. The molecule has 122 valence electrons. The van der Waals surface area contributed by atoms with Crippen LogP contribution in [0.5, 0.6) is 5.75 Å². The molecule has 0 aliphatic heterocycles. The van der Waals surface area contributed by atoms with Gasteiger partial charge in [-0.15, -0.1) is 0 Å². The average Bonchev–Trinajstić information content (AvgIpc) is 2.49. The number of benzene rings is 1. The summed E-state index contributed by atoms with van der Waals surface area (Å²) in [7, 11) is 3.99. The zero-order valence-corrected chi connectivity index (χ0v) is 13.5. The highest BCUT2D eigenvalue weighted by atomic mass is 16.5. The molecule has 22 heavy (non-hydrogen) atoms. The number of nitrogens with zero attached hydrogens (tertiary/aromatic N) is 1. The Labute approximate surface area is 132 Å². The summed E-state index contributed by atoms with van der Waals surface area (Å²) in [5, 5.41) is 3.11. The quantitative estimate of drug-likeness (QED) is 0.838. The fraction of sp³-hybridized carbons (Fsp3) is 0.588. The molecular weight excluding hydrogens is 278 g/mol. The molecule has 2 rings (SSSR count). The number of carbonyl (C=O) groups is 1. The monoisotopic (exact) mass is 305 g/mol. The Morgan fingerprint density at radius 3 is 2.64 bits per heavy atom. The summed E-state index contributed by atoms with van der Waals surface area (Å²) >= 11 is 0. The molecule has 3 N–H and O–H groups in total. The van der Waals surface area contributed by atoms with Gasteiger partial charge in [0.2, 0.25) is 0 Å². The van der Waals surface area contributed by atoms with E-state index in [2.05, 4.69) is 5.32 Å². The van der Waals surface area contributed by atoms with Gasteiger partial charge in [0.1, 0.15) is 12.4 Å². The molecule has 0 heterocycles. The zero-order chi connectivity index (χ0) is 15.9. The SMILES string of the molecule is CN(C)CCOc1ccccc1C(=O)NC1CCC(N)CC1. The summed E-state index contributed by atoms with van der Waals surface area (Å²) in [6.45, 7) is 1.38. The van der Waals surface area contributed by atoms with E-state index in [9.17, 15) is 4.79 Å². The Hall–Kier alpha value is -1.59. The van der Waals surface area contributed by atoms with Crippen molar-refractivity contribution < 1.29 is 9.53 Å². The summed E-state index contributed by atoms with van der Waals surface area (Å²) in [4.78, 5) is 14.5. The number of nitrogens with two attached hydrogens (primary N) is 1. The van der Waals surface area contributed by atoms with Crippen molar-refractivity contribution in [1.29, 1.82) is 0 Å². The molecule has 1 aliphatic carbocycles. The third-order valence-corrected chi connectivity index (χ3v) is 4.03. The van der Waals surface area contributed by atoms with Crippen molar-refractivity contribution >= 4 is 5.91 Å². The van der Waals surface area contributed by atoms with E-state index in [-0.39, 0.29) is 18.0 Å². The topological polar surface area (TPSA) is 67.6 Å². The number of para-hydroxylation sites is 1. The van der Waals surface area contributed by atoms with E-state index in [0.29, 0.717) is 17.9 Å². The van der Waals surface area contributed by atoms with Crippen LogP contribution in [-0.4, -0.2) is 50.1 Å². The average molecular weight is 305 g/mol. The van der Waals surface area contributed by atoms with Crippen molar-refractivity contribution in [2.45, 2.75) is 37.8 Å². The van der Waals surface area contributed by atoms with Gasteiger partial charge in [0.15, 0.2) is 0 Å². The van der Waals surface area contributed by atoms with Crippen LogP contribution in [0.3, 0.4) is 0 Å². The number of hydrogen-bond acceptors (Lipinski definition) is 4. The Morgan fingerprint density at radius 2 is 1.95 bits per heavy atom. The molecule has 1 aromatic carbocycles. The molecule has 0 spiro atoms. The van der Waals surface area contributed by atoms with Crippen molar-refractivity contribution in [3.05, 3.63) is 29.8 Å². The van der Waals surface area contributed by atoms with Crippen LogP contribution in [0.1, 0.15) is 36.0 Å². The summed E-state index contributed by atoms with van der Waals surface area (Å²) < 4.78 is 5.75. The second-order valence-corrected chi connectivity index (χ2v) is 6.23. The largest absolute Gasteiger partial charge is 0.491 e.